The van der Waals surface area contributed by atoms with E-state index in [2.05, 4.69) is 24.6 Å². The minimum Gasteiger partial charge on any atom is -0.211 e. The Labute approximate surface area is 79.3 Å². The van der Waals surface area contributed by atoms with Crippen LogP contribution in [0, 0.1) is 0 Å². The van der Waals surface area contributed by atoms with Gasteiger partial charge >= 0.3 is 0 Å². The molecule has 1 aromatic rings. The summed E-state index contributed by atoms with van der Waals surface area (Å²) in [6.07, 6.45) is 1.59. The number of nitrogens with zero attached hydrogens (tertiary/aromatic N) is 1. The number of hydrogen-bond acceptors (Lipinski definition) is 2. The molecule has 0 saturated heterocycles. The minimum atomic E-state index is -1.39. The lowest BCUT2D eigenvalue weighted by Crippen LogP contribution is -2.37. The third-order valence-electron chi connectivity index (χ3n) is 1.88. The van der Waals surface area contributed by atoms with Crippen LogP contribution in [0.15, 0.2) is 29.3 Å². The van der Waals surface area contributed by atoms with Crippen molar-refractivity contribution in [3.05, 3.63) is 24.3 Å². The van der Waals surface area contributed by atoms with E-state index in [1.165, 1.54) is 5.19 Å². The molecule has 0 aliphatic rings. The van der Waals surface area contributed by atoms with E-state index < -0.39 is 8.07 Å². The van der Waals surface area contributed by atoms with E-state index in [9.17, 15) is 4.79 Å². The third kappa shape index (κ3) is 2.37. The number of aliphatic imine (C=N–C) groups is 1. The van der Waals surface area contributed by atoms with Gasteiger partial charge in [0, 0.05) is 0 Å². The highest BCUT2D eigenvalue weighted by Gasteiger charge is 2.19. The Hall–Kier alpha value is -1.18. The first-order chi connectivity index (χ1) is 6.05. The zero-order chi connectivity index (χ0) is 9.90. The number of isocyanates is 1. The number of hydrogen-bond donors (Lipinski definition) is 0. The van der Waals surface area contributed by atoms with Crippen molar-refractivity contribution in [3.8, 4) is 0 Å². The van der Waals surface area contributed by atoms with Crippen LogP contribution >= 0.6 is 0 Å². The van der Waals surface area contributed by atoms with Gasteiger partial charge in [-0.2, -0.15) is 4.99 Å². The highest BCUT2D eigenvalue weighted by Crippen LogP contribution is 2.13. The number of rotatable bonds is 2. The Morgan fingerprint density at radius 2 is 1.85 bits per heavy atom. The van der Waals surface area contributed by atoms with Gasteiger partial charge in [0.25, 0.3) is 0 Å². The third-order valence-corrected chi connectivity index (χ3v) is 3.92. The quantitative estimate of drug-likeness (QED) is 0.400. The van der Waals surface area contributed by atoms with Crippen LogP contribution < -0.4 is 5.19 Å². The van der Waals surface area contributed by atoms with Crippen LogP contribution in [-0.4, -0.2) is 14.2 Å². The van der Waals surface area contributed by atoms with Crippen LogP contribution in [-0.2, 0) is 4.79 Å². The average molecular weight is 191 g/mol. The lowest BCUT2D eigenvalue weighted by molar-refractivity contribution is 0.565. The first-order valence-electron chi connectivity index (χ1n) is 4.23. The molecule has 0 spiro atoms. The summed E-state index contributed by atoms with van der Waals surface area (Å²) in [6.45, 7) is 6.68. The molecule has 13 heavy (non-hydrogen) atoms. The highest BCUT2D eigenvalue weighted by molar-refractivity contribution is 6.89. The lowest BCUT2D eigenvalue weighted by Gasteiger charge is -2.17. The summed E-state index contributed by atoms with van der Waals surface area (Å²) in [5.74, 6) is 0. The molecule has 0 atom stereocenters. The van der Waals surface area contributed by atoms with Crippen LogP contribution in [0.2, 0.25) is 19.6 Å². The van der Waals surface area contributed by atoms with Crippen LogP contribution in [0.3, 0.4) is 0 Å². The lowest BCUT2D eigenvalue weighted by atomic mass is 10.3. The second kappa shape index (κ2) is 3.69. The number of carbonyl (C=O) groups excluding carboxylic acids is 1. The van der Waals surface area contributed by atoms with Crippen LogP contribution in [0.4, 0.5) is 5.69 Å². The molecule has 3 heteroatoms. The normalized spacial score (nSPS) is 10.7. The predicted molar refractivity (Wildman–Crippen MR) is 57.2 cm³/mol. The number of benzene rings is 1. The Morgan fingerprint density at radius 3 is 2.38 bits per heavy atom. The maximum Gasteiger partial charge on any atom is 0.240 e. The fraction of sp³-hybridized carbons (Fsp3) is 0.300. The second-order valence-corrected chi connectivity index (χ2v) is 9.01. The molecule has 0 aliphatic heterocycles. The molecule has 1 rings (SSSR count). The van der Waals surface area contributed by atoms with Gasteiger partial charge in [0.05, 0.1) is 13.8 Å². The summed E-state index contributed by atoms with van der Waals surface area (Å²) < 4.78 is 0. The molecule has 0 saturated carbocycles. The summed E-state index contributed by atoms with van der Waals surface area (Å²) in [5.41, 5.74) is 0.775. The van der Waals surface area contributed by atoms with E-state index in [1.54, 1.807) is 6.08 Å². The predicted octanol–water partition coefficient (Wildman–Crippen LogP) is 2.20. The van der Waals surface area contributed by atoms with Gasteiger partial charge in [-0.05, 0) is 11.3 Å². The van der Waals surface area contributed by atoms with Gasteiger partial charge in [-0.15, -0.1) is 0 Å². The van der Waals surface area contributed by atoms with Crippen LogP contribution in [0.5, 0.6) is 0 Å². The minimum absolute atomic E-state index is 0.775. The summed E-state index contributed by atoms with van der Waals surface area (Å²) >= 11 is 0. The standard InChI is InChI=1S/C10H13NOSi/c1-13(2,3)10-7-5-4-6-9(10)11-8-12/h4-7H,1-3H3. The van der Waals surface area contributed by atoms with E-state index in [4.69, 9.17) is 0 Å². The molecular formula is C10H13NOSi. The molecular weight excluding hydrogens is 178 g/mol. The maximum atomic E-state index is 10.2. The summed E-state index contributed by atoms with van der Waals surface area (Å²) in [4.78, 5) is 13.9. The van der Waals surface area contributed by atoms with Gasteiger partial charge < -0.3 is 0 Å². The zero-order valence-corrected chi connectivity index (χ0v) is 9.16. The molecule has 0 aliphatic carbocycles. The number of para-hydroxylation sites is 1. The first kappa shape index (κ1) is 9.90. The van der Waals surface area contributed by atoms with Crippen molar-refractivity contribution < 1.29 is 4.79 Å². The molecule has 0 aromatic heterocycles. The van der Waals surface area contributed by atoms with E-state index in [0.717, 1.165) is 5.69 Å². The Morgan fingerprint density at radius 1 is 1.23 bits per heavy atom. The summed E-state index contributed by atoms with van der Waals surface area (Å²) in [6, 6.07) is 7.78. The van der Waals surface area contributed by atoms with Crippen molar-refractivity contribution in [2.45, 2.75) is 19.6 Å². The van der Waals surface area contributed by atoms with Crippen molar-refractivity contribution >= 4 is 25.0 Å². The van der Waals surface area contributed by atoms with Crippen molar-refractivity contribution in [1.29, 1.82) is 0 Å². The maximum absolute atomic E-state index is 10.2. The molecule has 2 nitrogen and oxygen atoms in total. The molecule has 0 bridgehead atoms. The fourth-order valence-corrected chi connectivity index (χ4v) is 2.76. The molecule has 0 N–H and O–H groups in total. The van der Waals surface area contributed by atoms with E-state index in [-0.39, 0.29) is 0 Å². The molecule has 0 unspecified atom stereocenters. The van der Waals surface area contributed by atoms with Crippen molar-refractivity contribution in [2.75, 3.05) is 0 Å². The smallest absolute Gasteiger partial charge is 0.211 e. The van der Waals surface area contributed by atoms with E-state index in [1.807, 2.05) is 24.3 Å². The largest absolute Gasteiger partial charge is 0.240 e. The monoisotopic (exact) mass is 191 g/mol. The fourth-order valence-electron chi connectivity index (χ4n) is 1.25. The average Bonchev–Trinajstić information content (AvgIpc) is 2.04. The second-order valence-electron chi connectivity index (χ2n) is 3.97. The Bertz CT molecular complexity index is 348. The summed E-state index contributed by atoms with van der Waals surface area (Å²) in [5, 5.41) is 1.21. The van der Waals surface area contributed by atoms with Gasteiger partial charge in [0.1, 0.15) is 0 Å². The Balaban J connectivity index is 3.27. The SMILES string of the molecule is C[Si](C)(C)c1ccccc1N=C=O. The van der Waals surface area contributed by atoms with E-state index >= 15 is 0 Å². The van der Waals surface area contributed by atoms with Crippen molar-refractivity contribution in [3.63, 3.8) is 0 Å². The highest BCUT2D eigenvalue weighted by atomic mass is 28.3. The van der Waals surface area contributed by atoms with Gasteiger partial charge in [-0.1, -0.05) is 37.8 Å². The van der Waals surface area contributed by atoms with Gasteiger partial charge in [0.15, 0.2) is 0 Å². The summed E-state index contributed by atoms with van der Waals surface area (Å²) in [7, 11) is -1.39. The van der Waals surface area contributed by atoms with Crippen LogP contribution in [0.25, 0.3) is 0 Å². The molecule has 0 heterocycles. The molecule has 68 valence electrons. The van der Waals surface area contributed by atoms with Gasteiger partial charge in [-0.3, -0.25) is 0 Å². The molecule has 0 radical (unpaired) electrons. The van der Waals surface area contributed by atoms with E-state index in [0.29, 0.717) is 0 Å². The topological polar surface area (TPSA) is 29.4 Å². The molecule has 0 fully saturated rings. The van der Waals surface area contributed by atoms with Crippen molar-refractivity contribution in [2.24, 2.45) is 4.99 Å². The van der Waals surface area contributed by atoms with Gasteiger partial charge in [0.2, 0.25) is 6.08 Å². The Kier molecular flexibility index (Phi) is 2.81. The van der Waals surface area contributed by atoms with Gasteiger partial charge in [-0.25, -0.2) is 4.79 Å². The molecule has 0 amide bonds. The molecule has 1 aromatic carbocycles. The van der Waals surface area contributed by atoms with Crippen LogP contribution in [0.1, 0.15) is 0 Å². The van der Waals surface area contributed by atoms with Crippen molar-refractivity contribution in [1.82, 2.24) is 0 Å². The zero-order valence-electron chi connectivity index (χ0n) is 8.16. The first-order valence-corrected chi connectivity index (χ1v) is 7.73.